The highest BCUT2D eigenvalue weighted by Gasteiger charge is 2.08. The van der Waals surface area contributed by atoms with Crippen LogP contribution in [-0.2, 0) is 6.54 Å². The Balaban J connectivity index is 1.70. The van der Waals surface area contributed by atoms with E-state index in [-0.39, 0.29) is 19.1 Å². The molecule has 0 aliphatic rings. The molecule has 25 heavy (non-hydrogen) atoms. The third kappa shape index (κ3) is 4.00. The normalized spacial score (nSPS) is 10.8. The first-order valence-corrected chi connectivity index (χ1v) is 8.29. The molecule has 1 amide bonds. The summed E-state index contributed by atoms with van der Waals surface area (Å²) in [7, 11) is 0. The average molecular weight is 338 g/mol. The standard InChI is InChI=1S/C20H22N2O3/c1-13-8-16-11-18(25-19(16)9-14(13)2)12-22-17-5-3-4-15(10-17)20(24)21-6-7-23/h3-5,8-11,22-23H,6-7,12H2,1-2H3,(H,21,24). The second-order valence-corrected chi connectivity index (χ2v) is 6.10. The van der Waals surface area contributed by atoms with Crippen LogP contribution in [0.3, 0.4) is 0 Å². The van der Waals surface area contributed by atoms with Crippen LogP contribution in [0.1, 0.15) is 27.2 Å². The monoisotopic (exact) mass is 338 g/mol. The molecule has 0 radical (unpaired) electrons. The zero-order chi connectivity index (χ0) is 17.8. The number of benzene rings is 2. The summed E-state index contributed by atoms with van der Waals surface area (Å²) in [5, 5.41) is 15.8. The zero-order valence-electron chi connectivity index (χ0n) is 14.4. The number of furan rings is 1. The van der Waals surface area contributed by atoms with E-state index < -0.39 is 0 Å². The molecule has 3 N–H and O–H groups in total. The maximum Gasteiger partial charge on any atom is 0.251 e. The highest BCUT2D eigenvalue weighted by Crippen LogP contribution is 2.24. The minimum absolute atomic E-state index is 0.0747. The third-order valence-corrected chi connectivity index (χ3v) is 4.17. The Morgan fingerprint density at radius 2 is 1.92 bits per heavy atom. The average Bonchev–Trinajstić information content (AvgIpc) is 3.00. The molecule has 0 bridgehead atoms. The number of amides is 1. The lowest BCUT2D eigenvalue weighted by Crippen LogP contribution is -2.26. The van der Waals surface area contributed by atoms with Gasteiger partial charge in [-0.15, -0.1) is 0 Å². The summed E-state index contributed by atoms with van der Waals surface area (Å²) >= 11 is 0. The van der Waals surface area contributed by atoms with Gasteiger partial charge in [-0.3, -0.25) is 4.79 Å². The topological polar surface area (TPSA) is 74.5 Å². The molecule has 0 aliphatic carbocycles. The van der Waals surface area contributed by atoms with Crippen molar-refractivity contribution in [2.75, 3.05) is 18.5 Å². The van der Waals surface area contributed by atoms with Crippen molar-refractivity contribution in [2.45, 2.75) is 20.4 Å². The Hall–Kier alpha value is -2.79. The Morgan fingerprint density at radius 1 is 1.12 bits per heavy atom. The summed E-state index contributed by atoms with van der Waals surface area (Å²) in [4.78, 5) is 11.9. The summed E-state index contributed by atoms with van der Waals surface area (Å²) in [5.41, 5.74) is 4.73. The SMILES string of the molecule is Cc1cc2cc(CNc3cccc(C(=O)NCCO)c3)oc2cc1C. The first-order valence-electron chi connectivity index (χ1n) is 8.29. The van der Waals surface area contributed by atoms with Crippen LogP contribution in [0.2, 0.25) is 0 Å². The van der Waals surface area contributed by atoms with Gasteiger partial charge >= 0.3 is 0 Å². The van der Waals surface area contributed by atoms with Gasteiger partial charge in [0.05, 0.1) is 13.2 Å². The largest absolute Gasteiger partial charge is 0.459 e. The van der Waals surface area contributed by atoms with Crippen LogP contribution in [0.5, 0.6) is 0 Å². The number of carbonyl (C=O) groups excluding carboxylic acids is 1. The van der Waals surface area contributed by atoms with Crippen molar-refractivity contribution in [3.8, 4) is 0 Å². The van der Waals surface area contributed by atoms with Gasteiger partial charge in [-0.2, -0.15) is 0 Å². The number of nitrogens with one attached hydrogen (secondary N) is 2. The van der Waals surface area contributed by atoms with Crippen molar-refractivity contribution >= 4 is 22.6 Å². The summed E-state index contributed by atoms with van der Waals surface area (Å²) < 4.78 is 5.89. The number of aliphatic hydroxyl groups is 1. The number of aliphatic hydroxyl groups excluding tert-OH is 1. The van der Waals surface area contributed by atoms with Gasteiger partial charge in [0.25, 0.3) is 5.91 Å². The summed E-state index contributed by atoms with van der Waals surface area (Å²) in [6, 6.07) is 13.5. The number of hydrogen-bond acceptors (Lipinski definition) is 4. The molecule has 3 aromatic rings. The minimum atomic E-state index is -0.201. The van der Waals surface area contributed by atoms with Crippen LogP contribution < -0.4 is 10.6 Å². The van der Waals surface area contributed by atoms with Gasteiger partial charge in [0.15, 0.2) is 0 Å². The van der Waals surface area contributed by atoms with E-state index in [1.807, 2.05) is 18.2 Å². The molecule has 0 saturated heterocycles. The fourth-order valence-corrected chi connectivity index (χ4v) is 2.68. The van der Waals surface area contributed by atoms with Gasteiger partial charge in [0.1, 0.15) is 11.3 Å². The minimum Gasteiger partial charge on any atom is -0.459 e. The van der Waals surface area contributed by atoms with Gasteiger partial charge in [0.2, 0.25) is 0 Å². The molecule has 5 heteroatoms. The lowest BCUT2D eigenvalue weighted by molar-refractivity contribution is 0.0945. The van der Waals surface area contributed by atoms with Crippen LogP contribution in [0.15, 0.2) is 46.9 Å². The molecular formula is C20H22N2O3. The van der Waals surface area contributed by atoms with Crippen molar-refractivity contribution in [1.29, 1.82) is 0 Å². The molecule has 2 aromatic carbocycles. The van der Waals surface area contributed by atoms with Crippen LogP contribution in [0.25, 0.3) is 11.0 Å². The zero-order valence-corrected chi connectivity index (χ0v) is 14.4. The number of aryl methyl sites for hydroxylation is 2. The Morgan fingerprint density at radius 3 is 2.72 bits per heavy atom. The second-order valence-electron chi connectivity index (χ2n) is 6.10. The van der Waals surface area contributed by atoms with Crippen LogP contribution in [0, 0.1) is 13.8 Å². The van der Waals surface area contributed by atoms with Crippen LogP contribution in [0.4, 0.5) is 5.69 Å². The molecule has 1 heterocycles. The van der Waals surface area contributed by atoms with E-state index in [0.717, 1.165) is 22.4 Å². The highest BCUT2D eigenvalue weighted by molar-refractivity contribution is 5.95. The van der Waals surface area contributed by atoms with Gasteiger partial charge < -0.3 is 20.2 Å². The molecular weight excluding hydrogens is 316 g/mol. The van der Waals surface area contributed by atoms with Gasteiger partial charge in [0, 0.05) is 23.2 Å². The number of carbonyl (C=O) groups is 1. The van der Waals surface area contributed by atoms with E-state index in [2.05, 4.69) is 36.6 Å². The van der Waals surface area contributed by atoms with Crippen molar-refractivity contribution in [1.82, 2.24) is 5.32 Å². The summed E-state index contributed by atoms with van der Waals surface area (Å²) in [6.45, 7) is 4.87. The van der Waals surface area contributed by atoms with E-state index in [1.165, 1.54) is 11.1 Å². The third-order valence-electron chi connectivity index (χ3n) is 4.17. The number of hydrogen-bond donors (Lipinski definition) is 3. The van der Waals surface area contributed by atoms with E-state index >= 15 is 0 Å². The fourth-order valence-electron chi connectivity index (χ4n) is 2.68. The van der Waals surface area contributed by atoms with E-state index in [0.29, 0.717) is 12.1 Å². The number of rotatable bonds is 6. The molecule has 0 aliphatic heterocycles. The van der Waals surface area contributed by atoms with Crippen LogP contribution >= 0.6 is 0 Å². The highest BCUT2D eigenvalue weighted by atomic mass is 16.3. The number of fused-ring (bicyclic) bond motifs is 1. The van der Waals surface area contributed by atoms with Crippen molar-refractivity contribution in [2.24, 2.45) is 0 Å². The predicted octanol–water partition coefficient (Wildman–Crippen LogP) is 3.38. The molecule has 0 fully saturated rings. The quantitative estimate of drug-likeness (QED) is 0.644. The molecule has 3 rings (SSSR count). The molecule has 0 saturated carbocycles. The molecule has 130 valence electrons. The lowest BCUT2D eigenvalue weighted by Gasteiger charge is -2.07. The molecule has 0 unspecified atom stereocenters. The van der Waals surface area contributed by atoms with Crippen molar-refractivity contribution in [3.05, 3.63) is 64.9 Å². The molecule has 0 atom stereocenters. The molecule has 5 nitrogen and oxygen atoms in total. The summed E-state index contributed by atoms with van der Waals surface area (Å²) in [6.07, 6.45) is 0. The Kier molecular flexibility index (Phi) is 5.05. The maximum absolute atomic E-state index is 11.9. The van der Waals surface area contributed by atoms with Crippen molar-refractivity contribution in [3.63, 3.8) is 0 Å². The lowest BCUT2D eigenvalue weighted by atomic mass is 10.1. The smallest absolute Gasteiger partial charge is 0.251 e. The Labute approximate surface area is 146 Å². The van der Waals surface area contributed by atoms with Crippen molar-refractivity contribution < 1.29 is 14.3 Å². The predicted molar refractivity (Wildman–Crippen MR) is 98.9 cm³/mol. The van der Waals surface area contributed by atoms with E-state index in [9.17, 15) is 4.79 Å². The first kappa shape index (κ1) is 17.0. The molecule has 0 spiro atoms. The van der Waals surface area contributed by atoms with Crippen LogP contribution in [-0.4, -0.2) is 24.2 Å². The summed E-state index contributed by atoms with van der Waals surface area (Å²) in [5.74, 6) is 0.641. The maximum atomic E-state index is 11.9. The van der Waals surface area contributed by atoms with E-state index in [4.69, 9.17) is 9.52 Å². The number of anilines is 1. The second kappa shape index (κ2) is 7.40. The van der Waals surface area contributed by atoms with Gasteiger partial charge in [-0.05, 0) is 61.4 Å². The van der Waals surface area contributed by atoms with Gasteiger partial charge in [-0.25, -0.2) is 0 Å². The van der Waals surface area contributed by atoms with E-state index in [1.54, 1.807) is 12.1 Å². The fraction of sp³-hybridized carbons (Fsp3) is 0.250. The molecule has 1 aromatic heterocycles. The Bertz CT molecular complexity index is 860. The van der Waals surface area contributed by atoms with Gasteiger partial charge in [-0.1, -0.05) is 6.07 Å². The first-order chi connectivity index (χ1) is 12.1.